The Bertz CT molecular complexity index is 1270. The summed E-state index contributed by atoms with van der Waals surface area (Å²) in [7, 11) is 1.63. The van der Waals surface area contributed by atoms with Crippen LogP contribution >= 0.6 is 0 Å². The molecule has 0 spiro atoms. The molecule has 2 fully saturated rings. The van der Waals surface area contributed by atoms with Gasteiger partial charge >= 0.3 is 11.8 Å². The largest absolute Gasteiger partial charge is 0.446 e. The number of nitrogens with one attached hydrogen (secondary N) is 3. The summed E-state index contributed by atoms with van der Waals surface area (Å²) in [6.07, 6.45) is 4.08. The first-order chi connectivity index (χ1) is 15.8. The molecule has 10 nitrogen and oxygen atoms in total. The quantitative estimate of drug-likeness (QED) is 0.526. The molecule has 33 heavy (non-hydrogen) atoms. The fourth-order valence-electron chi connectivity index (χ4n) is 4.33. The van der Waals surface area contributed by atoms with Crippen LogP contribution in [0.2, 0.25) is 0 Å². The zero-order valence-electron chi connectivity index (χ0n) is 18.6. The van der Waals surface area contributed by atoms with Crippen LogP contribution in [-0.2, 0) is 23.0 Å². The molecule has 2 heterocycles. The van der Waals surface area contributed by atoms with E-state index in [4.69, 9.17) is 9.15 Å². The Morgan fingerprint density at radius 1 is 1.30 bits per heavy atom. The van der Waals surface area contributed by atoms with E-state index in [-0.39, 0.29) is 36.0 Å². The molecule has 0 bridgehead atoms. The lowest BCUT2D eigenvalue weighted by Gasteiger charge is -2.16. The van der Waals surface area contributed by atoms with Gasteiger partial charge in [-0.3, -0.25) is 14.5 Å². The SMILES string of the molecule is Cn1c(=O)oc2ccc(CC(=O)Nc3cc(C4CCC(OC(=O)NC5(C)CC5)C4)[nH]n3)cc21. The summed E-state index contributed by atoms with van der Waals surface area (Å²) < 4.78 is 12.1. The summed E-state index contributed by atoms with van der Waals surface area (Å²) in [6.45, 7) is 2.02. The molecule has 2 unspecified atom stereocenters. The molecule has 3 N–H and O–H groups in total. The van der Waals surface area contributed by atoms with Gasteiger partial charge < -0.3 is 19.8 Å². The summed E-state index contributed by atoms with van der Waals surface area (Å²) in [5.74, 6) is 0.00426. The molecule has 2 aliphatic rings. The Labute approximate surface area is 189 Å². The smallest absolute Gasteiger partial charge is 0.419 e. The number of nitrogens with zero attached hydrogens (tertiary/aromatic N) is 2. The molecule has 2 amide bonds. The van der Waals surface area contributed by atoms with Crippen molar-refractivity contribution in [2.75, 3.05) is 5.32 Å². The minimum atomic E-state index is -0.437. The minimum absolute atomic E-state index is 0.0908. The van der Waals surface area contributed by atoms with Crippen molar-refractivity contribution < 1.29 is 18.7 Å². The van der Waals surface area contributed by atoms with Gasteiger partial charge in [-0.05, 0) is 56.7 Å². The number of rotatable bonds is 6. The van der Waals surface area contributed by atoms with E-state index in [9.17, 15) is 14.4 Å². The highest BCUT2D eigenvalue weighted by Gasteiger charge is 2.40. The molecule has 2 saturated carbocycles. The van der Waals surface area contributed by atoms with E-state index < -0.39 is 5.76 Å². The van der Waals surface area contributed by atoms with Gasteiger partial charge in [0.1, 0.15) is 6.10 Å². The van der Waals surface area contributed by atoms with Crippen LogP contribution < -0.4 is 16.4 Å². The van der Waals surface area contributed by atoms with Gasteiger partial charge in [0.05, 0.1) is 11.9 Å². The van der Waals surface area contributed by atoms with Crippen molar-refractivity contribution in [3.63, 3.8) is 0 Å². The highest BCUT2D eigenvalue weighted by molar-refractivity contribution is 5.92. The van der Waals surface area contributed by atoms with Gasteiger partial charge in [-0.1, -0.05) is 6.07 Å². The zero-order chi connectivity index (χ0) is 23.2. The van der Waals surface area contributed by atoms with E-state index >= 15 is 0 Å². The molecule has 2 atom stereocenters. The van der Waals surface area contributed by atoms with Crippen LogP contribution in [0.4, 0.5) is 10.6 Å². The molecule has 0 aliphatic heterocycles. The minimum Gasteiger partial charge on any atom is -0.446 e. The van der Waals surface area contributed by atoms with Crippen LogP contribution in [-0.4, -0.2) is 38.4 Å². The number of fused-ring (bicyclic) bond motifs is 1. The van der Waals surface area contributed by atoms with Crippen LogP contribution in [0.3, 0.4) is 0 Å². The summed E-state index contributed by atoms with van der Waals surface area (Å²) in [5.41, 5.74) is 2.72. The van der Waals surface area contributed by atoms with Gasteiger partial charge in [-0.15, -0.1) is 0 Å². The van der Waals surface area contributed by atoms with Crippen molar-refractivity contribution in [2.24, 2.45) is 7.05 Å². The van der Waals surface area contributed by atoms with Gasteiger partial charge in [0.25, 0.3) is 0 Å². The summed E-state index contributed by atoms with van der Waals surface area (Å²) in [5, 5.41) is 12.9. The molecule has 5 rings (SSSR count). The first kappa shape index (κ1) is 21.3. The Kier molecular flexibility index (Phi) is 5.22. The van der Waals surface area contributed by atoms with Gasteiger partial charge in [0.2, 0.25) is 5.91 Å². The van der Waals surface area contributed by atoms with Crippen molar-refractivity contribution in [3.05, 3.63) is 46.1 Å². The number of hydrogen-bond donors (Lipinski definition) is 3. The standard InChI is InChI=1S/C23H27N5O5/c1-23(7-8-23)25-21(30)32-15-5-4-14(11-15)16-12-19(27-26-16)24-20(29)10-13-3-6-18-17(9-13)28(2)22(31)33-18/h3,6,9,12,14-15H,4-5,7-8,10-11H2,1-2H3,(H,25,30)(H2,24,26,27,29). The third kappa shape index (κ3) is 4.64. The number of ether oxygens (including phenoxy) is 1. The molecule has 0 saturated heterocycles. The molecule has 3 aromatic rings. The number of carbonyl (C=O) groups is 2. The molecule has 1 aromatic carbocycles. The van der Waals surface area contributed by atoms with Gasteiger partial charge in [-0.2, -0.15) is 5.10 Å². The van der Waals surface area contributed by atoms with Crippen LogP contribution in [0.1, 0.15) is 56.2 Å². The molecule has 10 heteroatoms. The molecular formula is C23H27N5O5. The highest BCUT2D eigenvalue weighted by atomic mass is 16.6. The first-order valence-electron chi connectivity index (χ1n) is 11.2. The number of H-pyrrole nitrogens is 1. The fraction of sp³-hybridized carbons (Fsp3) is 0.478. The number of benzene rings is 1. The van der Waals surface area contributed by atoms with Crippen molar-refractivity contribution in [1.82, 2.24) is 20.1 Å². The van der Waals surface area contributed by atoms with Crippen LogP contribution in [0, 0.1) is 0 Å². The third-order valence-corrected chi connectivity index (χ3v) is 6.59. The number of carbonyl (C=O) groups excluding carboxylic acids is 2. The lowest BCUT2D eigenvalue weighted by atomic mass is 10.0. The maximum absolute atomic E-state index is 12.5. The van der Waals surface area contributed by atoms with E-state index in [2.05, 4.69) is 20.8 Å². The van der Waals surface area contributed by atoms with Crippen molar-refractivity contribution in [2.45, 2.75) is 63.0 Å². The second kappa shape index (κ2) is 8.09. The predicted molar refractivity (Wildman–Crippen MR) is 120 cm³/mol. The third-order valence-electron chi connectivity index (χ3n) is 6.59. The lowest BCUT2D eigenvalue weighted by molar-refractivity contribution is -0.115. The van der Waals surface area contributed by atoms with Crippen LogP contribution in [0.25, 0.3) is 11.1 Å². The zero-order valence-corrected chi connectivity index (χ0v) is 18.6. The Balaban J connectivity index is 1.15. The van der Waals surface area contributed by atoms with Crippen LogP contribution in [0.15, 0.2) is 33.5 Å². The highest BCUT2D eigenvalue weighted by Crippen LogP contribution is 2.37. The van der Waals surface area contributed by atoms with E-state index in [1.165, 1.54) is 4.57 Å². The molecule has 0 radical (unpaired) electrons. The topological polar surface area (TPSA) is 131 Å². The number of hydrogen-bond acceptors (Lipinski definition) is 6. The van der Waals surface area contributed by atoms with Crippen molar-refractivity contribution >= 4 is 28.9 Å². The van der Waals surface area contributed by atoms with E-state index in [1.54, 1.807) is 25.2 Å². The second-order valence-electron chi connectivity index (χ2n) is 9.39. The predicted octanol–water partition coefficient (Wildman–Crippen LogP) is 2.95. The maximum atomic E-state index is 12.5. The number of amides is 2. The Hall–Kier alpha value is -3.56. The second-order valence-corrected chi connectivity index (χ2v) is 9.39. The lowest BCUT2D eigenvalue weighted by Crippen LogP contribution is -2.36. The monoisotopic (exact) mass is 453 g/mol. The maximum Gasteiger partial charge on any atom is 0.419 e. The van der Waals surface area contributed by atoms with Crippen LogP contribution in [0.5, 0.6) is 0 Å². The molecule has 2 aromatic heterocycles. The number of alkyl carbamates (subject to hydrolysis) is 1. The number of aryl methyl sites for hydroxylation is 1. The van der Waals surface area contributed by atoms with Gasteiger partial charge in [0.15, 0.2) is 11.4 Å². The molecule has 2 aliphatic carbocycles. The molecular weight excluding hydrogens is 426 g/mol. The summed E-state index contributed by atoms with van der Waals surface area (Å²) >= 11 is 0. The number of aromatic nitrogens is 3. The summed E-state index contributed by atoms with van der Waals surface area (Å²) in [6, 6.07) is 7.06. The van der Waals surface area contributed by atoms with E-state index in [0.717, 1.165) is 43.4 Å². The average molecular weight is 453 g/mol. The Morgan fingerprint density at radius 2 is 2.12 bits per heavy atom. The number of aromatic amines is 1. The van der Waals surface area contributed by atoms with E-state index in [1.807, 2.05) is 13.0 Å². The summed E-state index contributed by atoms with van der Waals surface area (Å²) in [4.78, 5) is 36.2. The van der Waals surface area contributed by atoms with E-state index in [0.29, 0.717) is 16.9 Å². The van der Waals surface area contributed by atoms with Crippen molar-refractivity contribution in [1.29, 1.82) is 0 Å². The normalized spacial score (nSPS) is 21.2. The average Bonchev–Trinajstić information content (AvgIpc) is 3.12. The van der Waals surface area contributed by atoms with Crippen molar-refractivity contribution in [3.8, 4) is 0 Å². The number of oxazole rings is 1. The first-order valence-corrected chi connectivity index (χ1v) is 11.2. The Morgan fingerprint density at radius 3 is 2.91 bits per heavy atom. The fourth-order valence-corrected chi connectivity index (χ4v) is 4.33. The van der Waals surface area contributed by atoms with Gasteiger partial charge in [-0.25, -0.2) is 9.59 Å². The molecule has 174 valence electrons. The van der Waals surface area contributed by atoms with Gasteiger partial charge in [0, 0.05) is 30.3 Å². The number of anilines is 1.